The van der Waals surface area contributed by atoms with Gasteiger partial charge in [-0.25, -0.2) is 5.43 Å². The first-order valence-corrected chi connectivity index (χ1v) is 6.55. The molecule has 0 saturated carbocycles. The average molecular weight is 309 g/mol. The predicted octanol–water partition coefficient (Wildman–Crippen LogP) is 3.27. The zero-order valence-corrected chi connectivity index (χ0v) is 11.2. The highest BCUT2D eigenvalue weighted by atomic mass is 79.9. The smallest absolute Gasteiger partial charge is 0.266 e. The van der Waals surface area contributed by atoms with Gasteiger partial charge in [0, 0.05) is 4.47 Å². The number of halogens is 1. The summed E-state index contributed by atoms with van der Waals surface area (Å²) in [6.45, 7) is 0. The van der Waals surface area contributed by atoms with Crippen molar-refractivity contribution in [1.82, 2.24) is 5.43 Å². The fourth-order valence-corrected chi connectivity index (χ4v) is 2.06. The van der Waals surface area contributed by atoms with Gasteiger partial charge in [0.2, 0.25) is 0 Å². The lowest BCUT2D eigenvalue weighted by atomic mass is 10.2. The monoisotopic (exact) mass is 308 g/mol. The standard InChI is InChI=1S/C12H9BrN2OS/c13-10-5-3-9(4-6-10)8-14-15-12(16)11-2-1-7-17-11/h1-8H,(H,15,16). The molecule has 0 aliphatic carbocycles. The summed E-state index contributed by atoms with van der Waals surface area (Å²) < 4.78 is 1.01. The van der Waals surface area contributed by atoms with E-state index < -0.39 is 0 Å². The molecule has 0 spiro atoms. The summed E-state index contributed by atoms with van der Waals surface area (Å²) in [7, 11) is 0. The lowest BCUT2D eigenvalue weighted by Gasteiger charge is -1.96. The van der Waals surface area contributed by atoms with Crippen LogP contribution in [0, 0.1) is 0 Å². The van der Waals surface area contributed by atoms with E-state index in [0.29, 0.717) is 4.88 Å². The lowest BCUT2D eigenvalue weighted by molar-refractivity contribution is 0.0959. The molecule has 0 saturated heterocycles. The maximum Gasteiger partial charge on any atom is 0.281 e. The SMILES string of the molecule is O=C(NN=Cc1ccc(Br)cc1)c1cccs1. The van der Waals surface area contributed by atoms with Crippen LogP contribution < -0.4 is 5.43 Å². The molecule has 1 aromatic carbocycles. The van der Waals surface area contributed by atoms with Crippen LogP contribution in [0.4, 0.5) is 0 Å². The summed E-state index contributed by atoms with van der Waals surface area (Å²) in [6, 6.07) is 11.2. The number of hydrazone groups is 1. The van der Waals surface area contributed by atoms with Crippen LogP contribution in [0.1, 0.15) is 15.2 Å². The third-order valence-corrected chi connectivity index (χ3v) is 3.39. The minimum Gasteiger partial charge on any atom is -0.266 e. The van der Waals surface area contributed by atoms with E-state index in [0.717, 1.165) is 10.0 Å². The number of hydrogen-bond donors (Lipinski definition) is 1. The van der Waals surface area contributed by atoms with E-state index in [2.05, 4.69) is 26.5 Å². The van der Waals surface area contributed by atoms with Crippen LogP contribution in [-0.2, 0) is 0 Å². The van der Waals surface area contributed by atoms with Gasteiger partial charge in [-0.3, -0.25) is 4.79 Å². The van der Waals surface area contributed by atoms with E-state index in [1.54, 1.807) is 12.3 Å². The first-order chi connectivity index (χ1) is 8.25. The number of nitrogens with zero attached hydrogens (tertiary/aromatic N) is 1. The third-order valence-electron chi connectivity index (χ3n) is 1.99. The molecule has 0 radical (unpaired) electrons. The maximum atomic E-state index is 11.5. The molecule has 5 heteroatoms. The van der Waals surface area contributed by atoms with Gasteiger partial charge in [-0.1, -0.05) is 34.1 Å². The Labute approximate surface area is 111 Å². The van der Waals surface area contributed by atoms with E-state index in [1.807, 2.05) is 35.7 Å². The van der Waals surface area contributed by atoms with Gasteiger partial charge in [0.15, 0.2) is 0 Å². The number of carbonyl (C=O) groups is 1. The Morgan fingerprint density at radius 3 is 2.71 bits per heavy atom. The molecule has 0 atom stereocenters. The van der Waals surface area contributed by atoms with E-state index in [-0.39, 0.29) is 5.91 Å². The molecule has 1 amide bonds. The Bertz CT molecular complexity index is 520. The molecular weight excluding hydrogens is 300 g/mol. The van der Waals surface area contributed by atoms with Crippen molar-refractivity contribution >= 4 is 39.4 Å². The van der Waals surface area contributed by atoms with Gasteiger partial charge < -0.3 is 0 Å². The van der Waals surface area contributed by atoms with Crippen molar-refractivity contribution in [3.8, 4) is 0 Å². The van der Waals surface area contributed by atoms with Crippen molar-refractivity contribution in [2.24, 2.45) is 5.10 Å². The van der Waals surface area contributed by atoms with Gasteiger partial charge in [0.05, 0.1) is 11.1 Å². The summed E-state index contributed by atoms with van der Waals surface area (Å²) in [6.07, 6.45) is 1.61. The van der Waals surface area contributed by atoms with Crippen LogP contribution in [0.15, 0.2) is 51.4 Å². The van der Waals surface area contributed by atoms with Gasteiger partial charge in [0.25, 0.3) is 5.91 Å². The second-order valence-electron chi connectivity index (χ2n) is 3.23. The van der Waals surface area contributed by atoms with Crippen molar-refractivity contribution in [2.45, 2.75) is 0 Å². The van der Waals surface area contributed by atoms with Crippen molar-refractivity contribution in [3.63, 3.8) is 0 Å². The second-order valence-corrected chi connectivity index (χ2v) is 5.09. The Balaban J connectivity index is 1.94. The molecule has 0 aliphatic rings. The van der Waals surface area contributed by atoms with Crippen molar-refractivity contribution in [2.75, 3.05) is 0 Å². The summed E-state index contributed by atoms with van der Waals surface area (Å²) in [4.78, 5) is 12.2. The van der Waals surface area contributed by atoms with Gasteiger partial charge in [-0.2, -0.15) is 5.10 Å². The highest BCUT2D eigenvalue weighted by Crippen LogP contribution is 2.09. The van der Waals surface area contributed by atoms with Gasteiger partial charge in [-0.05, 0) is 29.1 Å². The van der Waals surface area contributed by atoms with Gasteiger partial charge in [0.1, 0.15) is 0 Å². The van der Waals surface area contributed by atoms with Crippen LogP contribution in [0.3, 0.4) is 0 Å². The molecule has 2 rings (SSSR count). The van der Waals surface area contributed by atoms with E-state index in [4.69, 9.17) is 0 Å². The number of nitrogens with one attached hydrogen (secondary N) is 1. The number of rotatable bonds is 3. The zero-order chi connectivity index (χ0) is 12.1. The fraction of sp³-hybridized carbons (Fsp3) is 0. The number of carbonyl (C=O) groups excluding carboxylic acids is 1. The summed E-state index contributed by atoms with van der Waals surface area (Å²) in [5.41, 5.74) is 3.41. The molecule has 3 nitrogen and oxygen atoms in total. The van der Waals surface area contributed by atoms with Crippen LogP contribution in [0.25, 0.3) is 0 Å². The molecular formula is C12H9BrN2OS. The Morgan fingerprint density at radius 1 is 1.29 bits per heavy atom. The molecule has 0 bridgehead atoms. The minimum atomic E-state index is -0.187. The average Bonchev–Trinajstić information content (AvgIpc) is 2.85. The van der Waals surface area contributed by atoms with Crippen LogP contribution >= 0.6 is 27.3 Å². The Kier molecular flexibility index (Phi) is 4.06. The molecule has 86 valence electrons. The molecule has 1 aromatic heterocycles. The highest BCUT2D eigenvalue weighted by Gasteiger charge is 2.03. The quantitative estimate of drug-likeness (QED) is 0.686. The normalized spacial score (nSPS) is 10.6. The minimum absolute atomic E-state index is 0.187. The molecule has 17 heavy (non-hydrogen) atoms. The number of thiophene rings is 1. The van der Waals surface area contributed by atoms with Crippen molar-refractivity contribution < 1.29 is 4.79 Å². The number of benzene rings is 1. The molecule has 2 aromatic rings. The maximum absolute atomic E-state index is 11.5. The van der Waals surface area contributed by atoms with E-state index in [9.17, 15) is 4.79 Å². The molecule has 0 fully saturated rings. The number of amides is 1. The zero-order valence-electron chi connectivity index (χ0n) is 8.76. The topological polar surface area (TPSA) is 41.5 Å². The first kappa shape index (κ1) is 12.0. The summed E-state index contributed by atoms with van der Waals surface area (Å²) >= 11 is 4.74. The highest BCUT2D eigenvalue weighted by molar-refractivity contribution is 9.10. The van der Waals surface area contributed by atoms with Crippen LogP contribution in [0.5, 0.6) is 0 Å². The second kappa shape index (κ2) is 5.75. The van der Waals surface area contributed by atoms with E-state index >= 15 is 0 Å². The van der Waals surface area contributed by atoms with Gasteiger partial charge >= 0.3 is 0 Å². The fourth-order valence-electron chi connectivity index (χ4n) is 1.18. The largest absolute Gasteiger partial charge is 0.281 e. The van der Waals surface area contributed by atoms with Gasteiger partial charge in [-0.15, -0.1) is 11.3 Å². The Morgan fingerprint density at radius 2 is 2.06 bits per heavy atom. The van der Waals surface area contributed by atoms with Crippen molar-refractivity contribution in [3.05, 3.63) is 56.7 Å². The lowest BCUT2D eigenvalue weighted by Crippen LogP contribution is -2.16. The van der Waals surface area contributed by atoms with Crippen LogP contribution in [0.2, 0.25) is 0 Å². The summed E-state index contributed by atoms with van der Waals surface area (Å²) in [5, 5.41) is 5.75. The van der Waals surface area contributed by atoms with Crippen molar-refractivity contribution in [1.29, 1.82) is 0 Å². The predicted molar refractivity (Wildman–Crippen MR) is 73.5 cm³/mol. The molecule has 0 aliphatic heterocycles. The first-order valence-electron chi connectivity index (χ1n) is 4.88. The molecule has 1 N–H and O–H groups in total. The molecule has 0 unspecified atom stereocenters. The Hall–Kier alpha value is -1.46. The third kappa shape index (κ3) is 3.51. The number of hydrogen-bond acceptors (Lipinski definition) is 3. The van der Waals surface area contributed by atoms with Crippen LogP contribution in [-0.4, -0.2) is 12.1 Å². The summed E-state index contributed by atoms with van der Waals surface area (Å²) in [5.74, 6) is -0.187. The van der Waals surface area contributed by atoms with E-state index in [1.165, 1.54) is 11.3 Å². The molecule has 1 heterocycles.